The second-order valence-electron chi connectivity index (χ2n) is 5.24. The summed E-state index contributed by atoms with van der Waals surface area (Å²) in [5.74, 6) is -0.00683. The van der Waals surface area contributed by atoms with E-state index in [1.165, 1.54) is 6.33 Å². The zero-order valence-corrected chi connectivity index (χ0v) is 12.4. The lowest BCUT2D eigenvalue weighted by Gasteiger charge is -2.08. The first kappa shape index (κ1) is 14.2. The second-order valence-corrected chi connectivity index (χ2v) is 5.24. The molecule has 110 valence electrons. The number of nitrogens with one attached hydrogen (secondary N) is 1. The van der Waals surface area contributed by atoms with Gasteiger partial charge in [-0.3, -0.25) is 4.79 Å². The summed E-state index contributed by atoms with van der Waals surface area (Å²) < 4.78 is 0. The molecule has 1 aromatic heterocycles. The Kier molecular flexibility index (Phi) is 4.10. The Labute approximate surface area is 129 Å². The molecule has 0 saturated carbocycles. The van der Waals surface area contributed by atoms with Gasteiger partial charge in [0.25, 0.3) is 0 Å². The molecule has 0 fully saturated rings. The molecule has 4 nitrogen and oxygen atoms in total. The molecule has 0 aliphatic carbocycles. The van der Waals surface area contributed by atoms with Crippen LogP contribution in [0.2, 0.25) is 0 Å². The predicted molar refractivity (Wildman–Crippen MR) is 86.3 cm³/mol. The van der Waals surface area contributed by atoms with Crippen LogP contribution in [0.15, 0.2) is 54.9 Å². The zero-order valence-electron chi connectivity index (χ0n) is 12.4. The van der Waals surface area contributed by atoms with Crippen LogP contribution >= 0.6 is 0 Å². The van der Waals surface area contributed by atoms with E-state index >= 15 is 0 Å². The molecule has 2 aromatic carbocycles. The molecular formula is C18H17N3O. The van der Waals surface area contributed by atoms with E-state index < -0.39 is 0 Å². The van der Waals surface area contributed by atoms with Gasteiger partial charge in [0, 0.05) is 5.69 Å². The van der Waals surface area contributed by atoms with Crippen LogP contribution in [-0.4, -0.2) is 15.9 Å². The lowest BCUT2D eigenvalue weighted by atomic mass is 10.0. The van der Waals surface area contributed by atoms with E-state index in [1.807, 2.05) is 43.3 Å². The van der Waals surface area contributed by atoms with Crippen molar-refractivity contribution >= 4 is 16.7 Å². The summed E-state index contributed by atoms with van der Waals surface area (Å²) in [5, 5.41) is 5.19. The molecular weight excluding hydrogens is 274 g/mol. The molecule has 4 heteroatoms. The highest BCUT2D eigenvalue weighted by molar-refractivity contribution is 5.90. The van der Waals surface area contributed by atoms with Gasteiger partial charge in [0.2, 0.25) is 5.91 Å². The molecule has 0 spiro atoms. The third-order valence-electron chi connectivity index (χ3n) is 3.56. The van der Waals surface area contributed by atoms with Crippen LogP contribution in [0.4, 0.5) is 0 Å². The van der Waals surface area contributed by atoms with E-state index in [0.717, 1.165) is 27.7 Å². The fraction of sp³-hybridized carbons (Fsp3) is 0.167. The highest BCUT2D eigenvalue weighted by Gasteiger charge is 2.07. The molecule has 22 heavy (non-hydrogen) atoms. The van der Waals surface area contributed by atoms with Crippen molar-refractivity contribution in [1.29, 1.82) is 0 Å². The van der Waals surface area contributed by atoms with Crippen LogP contribution in [0.3, 0.4) is 0 Å². The normalized spacial score (nSPS) is 10.6. The minimum atomic E-state index is -0.00683. The molecule has 1 N–H and O–H groups in total. The molecule has 1 amide bonds. The molecule has 0 aliphatic rings. The zero-order chi connectivity index (χ0) is 15.4. The summed E-state index contributed by atoms with van der Waals surface area (Å²) in [5.41, 5.74) is 2.75. The van der Waals surface area contributed by atoms with Crippen LogP contribution in [0, 0.1) is 6.92 Å². The number of carbonyl (C=O) groups is 1. The summed E-state index contributed by atoms with van der Waals surface area (Å²) in [4.78, 5) is 20.3. The molecule has 0 radical (unpaired) electrons. The molecule has 0 aliphatic heterocycles. The summed E-state index contributed by atoms with van der Waals surface area (Å²) in [6, 6.07) is 16.0. The highest BCUT2D eigenvalue weighted by atomic mass is 16.1. The first-order chi connectivity index (χ1) is 10.7. The number of amides is 1. The smallest absolute Gasteiger partial charge is 0.224 e. The van der Waals surface area contributed by atoms with Crippen molar-refractivity contribution in [1.82, 2.24) is 15.3 Å². The van der Waals surface area contributed by atoms with Crippen LogP contribution in [-0.2, 0) is 17.8 Å². The van der Waals surface area contributed by atoms with Gasteiger partial charge in [-0.2, -0.15) is 0 Å². The average Bonchev–Trinajstić information content (AvgIpc) is 2.53. The molecule has 3 rings (SSSR count). The Bertz CT molecular complexity index is 809. The van der Waals surface area contributed by atoms with Gasteiger partial charge in [0.1, 0.15) is 6.33 Å². The van der Waals surface area contributed by atoms with Crippen LogP contribution < -0.4 is 5.32 Å². The molecule has 1 heterocycles. The van der Waals surface area contributed by atoms with Gasteiger partial charge >= 0.3 is 0 Å². The van der Waals surface area contributed by atoms with Crippen molar-refractivity contribution in [3.8, 4) is 0 Å². The lowest BCUT2D eigenvalue weighted by Crippen LogP contribution is -2.25. The maximum absolute atomic E-state index is 12.2. The second kappa shape index (κ2) is 6.35. The Balaban J connectivity index is 1.68. The Morgan fingerprint density at radius 3 is 2.77 bits per heavy atom. The van der Waals surface area contributed by atoms with Crippen molar-refractivity contribution in [2.75, 3.05) is 0 Å². The van der Waals surface area contributed by atoms with Gasteiger partial charge in [-0.05, 0) is 29.3 Å². The van der Waals surface area contributed by atoms with E-state index in [2.05, 4.69) is 27.4 Å². The van der Waals surface area contributed by atoms with Crippen LogP contribution in [0.1, 0.15) is 17.0 Å². The third kappa shape index (κ3) is 3.28. The first-order valence-corrected chi connectivity index (χ1v) is 7.23. The fourth-order valence-electron chi connectivity index (χ4n) is 2.48. The standard InChI is InChI=1S/C18H17N3O/c1-13-9-16(21-12-20-13)11-19-18(22)10-15-7-4-6-14-5-2-3-8-17(14)15/h2-9,12H,10-11H2,1H3,(H,19,22). The molecule has 0 saturated heterocycles. The lowest BCUT2D eigenvalue weighted by molar-refractivity contribution is -0.120. The maximum atomic E-state index is 12.2. The number of nitrogens with zero attached hydrogens (tertiary/aromatic N) is 2. The van der Waals surface area contributed by atoms with Crippen LogP contribution in [0.5, 0.6) is 0 Å². The quantitative estimate of drug-likeness (QED) is 0.804. The van der Waals surface area contributed by atoms with E-state index in [-0.39, 0.29) is 5.91 Å². The van der Waals surface area contributed by atoms with Crippen molar-refractivity contribution in [2.24, 2.45) is 0 Å². The monoisotopic (exact) mass is 291 g/mol. The largest absolute Gasteiger partial charge is 0.350 e. The van der Waals surface area contributed by atoms with E-state index in [0.29, 0.717) is 13.0 Å². The summed E-state index contributed by atoms with van der Waals surface area (Å²) in [7, 11) is 0. The van der Waals surface area contributed by atoms with Crippen molar-refractivity contribution < 1.29 is 4.79 Å². The molecule has 0 atom stereocenters. The van der Waals surface area contributed by atoms with Gasteiger partial charge in [-0.25, -0.2) is 9.97 Å². The molecule has 0 bridgehead atoms. The Hall–Kier alpha value is -2.75. The van der Waals surface area contributed by atoms with Crippen molar-refractivity contribution in [3.63, 3.8) is 0 Å². The van der Waals surface area contributed by atoms with E-state index in [9.17, 15) is 4.79 Å². The predicted octanol–water partition coefficient (Wildman–Crippen LogP) is 2.80. The maximum Gasteiger partial charge on any atom is 0.224 e. The van der Waals surface area contributed by atoms with E-state index in [1.54, 1.807) is 0 Å². The SMILES string of the molecule is Cc1cc(CNC(=O)Cc2cccc3ccccc23)ncn1. The number of fused-ring (bicyclic) bond motifs is 1. The number of aryl methyl sites for hydroxylation is 1. The Morgan fingerprint density at radius 2 is 1.91 bits per heavy atom. The van der Waals surface area contributed by atoms with Gasteiger partial charge in [0.15, 0.2) is 0 Å². The first-order valence-electron chi connectivity index (χ1n) is 7.23. The number of rotatable bonds is 4. The minimum Gasteiger partial charge on any atom is -0.350 e. The highest BCUT2D eigenvalue weighted by Crippen LogP contribution is 2.18. The Morgan fingerprint density at radius 1 is 1.09 bits per heavy atom. The van der Waals surface area contributed by atoms with Gasteiger partial charge < -0.3 is 5.32 Å². The molecule has 0 unspecified atom stereocenters. The van der Waals surface area contributed by atoms with Gasteiger partial charge in [-0.15, -0.1) is 0 Å². The topological polar surface area (TPSA) is 54.9 Å². The number of aromatic nitrogens is 2. The van der Waals surface area contributed by atoms with Crippen molar-refractivity contribution in [2.45, 2.75) is 19.9 Å². The number of benzene rings is 2. The van der Waals surface area contributed by atoms with Crippen molar-refractivity contribution in [3.05, 3.63) is 71.8 Å². The van der Waals surface area contributed by atoms with Crippen LogP contribution in [0.25, 0.3) is 10.8 Å². The number of carbonyl (C=O) groups excluding carboxylic acids is 1. The van der Waals surface area contributed by atoms with Gasteiger partial charge in [-0.1, -0.05) is 42.5 Å². The number of hydrogen-bond donors (Lipinski definition) is 1. The summed E-state index contributed by atoms with van der Waals surface area (Å²) in [6.45, 7) is 2.33. The minimum absolute atomic E-state index is 0.00683. The summed E-state index contributed by atoms with van der Waals surface area (Å²) in [6.07, 6.45) is 1.88. The molecule has 3 aromatic rings. The third-order valence-corrected chi connectivity index (χ3v) is 3.56. The number of hydrogen-bond acceptors (Lipinski definition) is 3. The van der Waals surface area contributed by atoms with Gasteiger partial charge in [0.05, 0.1) is 18.7 Å². The average molecular weight is 291 g/mol. The summed E-state index contributed by atoms with van der Waals surface area (Å²) >= 11 is 0. The van der Waals surface area contributed by atoms with E-state index in [4.69, 9.17) is 0 Å². The fourth-order valence-corrected chi connectivity index (χ4v) is 2.48.